The van der Waals surface area contributed by atoms with Gasteiger partial charge in [-0.15, -0.1) is 10.2 Å². The minimum absolute atomic E-state index is 0.0863. The number of esters is 1. The van der Waals surface area contributed by atoms with Crippen molar-refractivity contribution >= 4 is 41.0 Å². The Morgan fingerprint density at radius 3 is 2.35 bits per heavy atom. The number of carbonyl (C=O) groups excluding carboxylic acids is 3. The van der Waals surface area contributed by atoms with E-state index >= 15 is 0 Å². The van der Waals surface area contributed by atoms with Crippen molar-refractivity contribution < 1.29 is 19.1 Å². The molecule has 0 atom stereocenters. The van der Waals surface area contributed by atoms with Crippen molar-refractivity contribution in [3.63, 3.8) is 0 Å². The van der Waals surface area contributed by atoms with Gasteiger partial charge in [0.25, 0.3) is 5.91 Å². The summed E-state index contributed by atoms with van der Waals surface area (Å²) in [6.07, 6.45) is 0. The Labute approximate surface area is 184 Å². The summed E-state index contributed by atoms with van der Waals surface area (Å²) in [5.74, 6) is -0.406. The number of amides is 3. The van der Waals surface area contributed by atoms with Gasteiger partial charge in [0, 0.05) is 38.9 Å². The van der Waals surface area contributed by atoms with E-state index in [-0.39, 0.29) is 30.2 Å². The van der Waals surface area contributed by atoms with Crippen molar-refractivity contribution in [2.24, 2.45) is 0 Å². The third-order valence-electron chi connectivity index (χ3n) is 4.68. The first-order valence-corrected chi connectivity index (χ1v) is 10.0. The van der Waals surface area contributed by atoms with E-state index in [9.17, 15) is 14.4 Å². The maximum Gasteiger partial charge on any atom is 0.326 e. The normalized spacial score (nSPS) is 13.5. The maximum absolute atomic E-state index is 12.3. The minimum atomic E-state index is -0.562. The largest absolute Gasteiger partial charge is 0.454 e. The molecule has 3 rings (SSSR count). The number of hydrogen-bond acceptors (Lipinski definition) is 7. The van der Waals surface area contributed by atoms with Crippen LogP contribution in [0.15, 0.2) is 42.5 Å². The van der Waals surface area contributed by atoms with E-state index < -0.39 is 5.97 Å². The highest BCUT2D eigenvalue weighted by molar-refractivity contribution is 6.29. The van der Waals surface area contributed by atoms with E-state index in [2.05, 4.69) is 15.5 Å². The van der Waals surface area contributed by atoms with Crippen LogP contribution >= 0.6 is 11.6 Å². The van der Waals surface area contributed by atoms with Crippen molar-refractivity contribution in [2.45, 2.75) is 0 Å². The molecule has 10 nitrogen and oxygen atoms in total. The first-order chi connectivity index (χ1) is 14.9. The molecule has 1 saturated heterocycles. The molecular weight excluding hydrogens is 424 g/mol. The number of likely N-dealkylation sites (N-methyl/N-ethyl adjacent to an activating group) is 1. The van der Waals surface area contributed by atoms with Crippen molar-refractivity contribution in [2.75, 3.05) is 56.6 Å². The minimum Gasteiger partial charge on any atom is -0.454 e. The predicted octanol–water partition coefficient (Wildman–Crippen LogP) is 1.49. The van der Waals surface area contributed by atoms with Gasteiger partial charge in [-0.2, -0.15) is 0 Å². The summed E-state index contributed by atoms with van der Waals surface area (Å²) in [6, 6.07) is 12.2. The number of nitrogens with one attached hydrogen (secondary N) is 1. The molecule has 0 radical (unpaired) electrons. The van der Waals surface area contributed by atoms with Crippen LogP contribution in [0.3, 0.4) is 0 Å². The zero-order valence-electron chi connectivity index (χ0n) is 17.0. The highest BCUT2D eigenvalue weighted by atomic mass is 35.5. The number of aromatic nitrogens is 2. The van der Waals surface area contributed by atoms with Gasteiger partial charge in [0.15, 0.2) is 17.6 Å². The Bertz CT molecular complexity index is 904. The molecule has 0 bridgehead atoms. The Balaban J connectivity index is 1.38. The zero-order chi connectivity index (χ0) is 22.2. The van der Waals surface area contributed by atoms with Crippen LogP contribution in [-0.4, -0.2) is 84.3 Å². The number of urea groups is 1. The first-order valence-electron chi connectivity index (χ1n) is 9.67. The molecule has 31 heavy (non-hydrogen) atoms. The summed E-state index contributed by atoms with van der Waals surface area (Å²) in [6.45, 7) is 1.11. The summed E-state index contributed by atoms with van der Waals surface area (Å²) in [5, 5.41) is 10.7. The standard InChI is InChI=1S/C20H23ClN6O4/c1-25(17-8-7-16(21)23-24-17)13-19(29)31-14-18(28)26-9-11-27(12-10-26)20(30)22-15-5-3-2-4-6-15/h2-8H,9-14H2,1H3,(H,22,30). The van der Waals surface area contributed by atoms with E-state index in [4.69, 9.17) is 16.3 Å². The monoisotopic (exact) mass is 446 g/mol. The third kappa shape index (κ3) is 6.54. The SMILES string of the molecule is CN(CC(=O)OCC(=O)N1CCN(C(=O)Nc2ccccc2)CC1)c1ccc(Cl)nn1. The molecule has 1 aromatic carbocycles. The van der Waals surface area contributed by atoms with E-state index in [0.717, 1.165) is 0 Å². The van der Waals surface area contributed by atoms with Gasteiger partial charge < -0.3 is 24.8 Å². The highest BCUT2D eigenvalue weighted by Crippen LogP contribution is 2.11. The van der Waals surface area contributed by atoms with E-state index in [1.807, 2.05) is 30.3 Å². The van der Waals surface area contributed by atoms with Crippen LogP contribution in [0.5, 0.6) is 0 Å². The second-order valence-electron chi connectivity index (χ2n) is 6.90. The molecule has 2 heterocycles. The fourth-order valence-electron chi connectivity index (χ4n) is 2.95. The predicted molar refractivity (Wildman–Crippen MR) is 115 cm³/mol. The fourth-order valence-corrected chi connectivity index (χ4v) is 3.05. The van der Waals surface area contributed by atoms with Crippen molar-refractivity contribution in [1.29, 1.82) is 0 Å². The molecule has 1 aromatic heterocycles. The molecule has 1 fully saturated rings. The smallest absolute Gasteiger partial charge is 0.326 e. The lowest BCUT2D eigenvalue weighted by Gasteiger charge is -2.34. The Hall–Kier alpha value is -3.40. The molecule has 0 saturated carbocycles. The molecule has 0 spiro atoms. The van der Waals surface area contributed by atoms with Gasteiger partial charge in [-0.1, -0.05) is 29.8 Å². The molecule has 1 N–H and O–H groups in total. The van der Waals surface area contributed by atoms with Crippen molar-refractivity contribution in [1.82, 2.24) is 20.0 Å². The molecule has 0 aliphatic carbocycles. The van der Waals surface area contributed by atoms with Crippen molar-refractivity contribution in [3.8, 4) is 0 Å². The molecule has 1 aliphatic heterocycles. The number of rotatable bonds is 6. The average molecular weight is 447 g/mol. The Kier molecular flexibility index (Phi) is 7.60. The van der Waals surface area contributed by atoms with E-state index in [0.29, 0.717) is 37.7 Å². The number of piperazine rings is 1. The summed E-state index contributed by atoms with van der Waals surface area (Å²) in [5.41, 5.74) is 0.715. The quantitative estimate of drug-likeness (QED) is 0.669. The number of ether oxygens (including phenoxy) is 1. The van der Waals surface area contributed by atoms with E-state index in [1.54, 1.807) is 33.9 Å². The summed E-state index contributed by atoms with van der Waals surface area (Å²) >= 11 is 5.69. The number of halogens is 1. The first kappa shape index (κ1) is 22.3. The number of anilines is 2. The number of carbonyl (C=O) groups is 3. The number of hydrogen-bond donors (Lipinski definition) is 1. The zero-order valence-corrected chi connectivity index (χ0v) is 17.8. The van der Waals surface area contributed by atoms with Gasteiger partial charge in [0.05, 0.1) is 0 Å². The molecular formula is C20H23ClN6O4. The van der Waals surface area contributed by atoms with Gasteiger partial charge in [0.2, 0.25) is 0 Å². The molecule has 2 aromatic rings. The van der Waals surface area contributed by atoms with Crippen molar-refractivity contribution in [3.05, 3.63) is 47.6 Å². The number of nitrogens with zero attached hydrogens (tertiary/aromatic N) is 5. The lowest BCUT2D eigenvalue weighted by Crippen LogP contribution is -2.52. The third-order valence-corrected chi connectivity index (χ3v) is 4.88. The van der Waals surface area contributed by atoms with Gasteiger partial charge in [-0.3, -0.25) is 9.59 Å². The van der Waals surface area contributed by atoms with Gasteiger partial charge in [0.1, 0.15) is 6.54 Å². The molecule has 3 amide bonds. The van der Waals surface area contributed by atoms with Gasteiger partial charge in [-0.25, -0.2) is 4.79 Å². The highest BCUT2D eigenvalue weighted by Gasteiger charge is 2.25. The van der Waals surface area contributed by atoms with Crippen LogP contribution in [0.25, 0.3) is 0 Å². The Morgan fingerprint density at radius 1 is 1.03 bits per heavy atom. The lowest BCUT2D eigenvalue weighted by atomic mass is 10.3. The van der Waals surface area contributed by atoms with Crippen LogP contribution in [-0.2, 0) is 14.3 Å². The van der Waals surface area contributed by atoms with E-state index in [1.165, 1.54) is 0 Å². The summed E-state index contributed by atoms with van der Waals surface area (Å²) in [7, 11) is 1.65. The topological polar surface area (TPSA) is 108 Å². The maximum atomic E-state index is 12.3. The molecule has 1 aliphatic rings. The second kappa shape index (κ2) is 10.6. The summed E-state index contributed by atoms with van der Waals surface area (Å²) in [4.78, 5) is 41.4. The van der Waals surface area contributed by atoms with Crippen LogP contribution in [0.2, 0.25) is 5.15 Å². The number of benzene rings is 1. The van der Waals surface area contributed by atoms with Gasteiger partial charge >= 0.3 is 12.0 Å². The number of para-hydroxylation sites is 1. The van der Waals surface area contributed by atoms with Crippen LogP contribution < -0.4 is 10.2 Å². The van der Waals surface area contributed by atoms with Crippen LogP contribution in [0, 0.1) is 0 Å². The molecule has 11 heteroatoms. The second-order valence-corrected chi connectivity index (χ2v) is 7.28. The Morgan fingerprint density at radius 2 is 1.71 bits per heavy atom. The molecule has 164 valence electrons. The van der Waals surface area contributed by atoms with Crippen LogP contribution in [0.4, 0.5) is 16.3 Å². The fraction of sp³-hybridized carbons (Fsp3) is 0.350. The van der Waals surface area contributed by atoms with Crippen LogP contribution in [0.1, 0.15) is 0 Å². The lowest BCUT2D eigenvalue weighted by molar-refractivity contribution is -0.151. The van der Waals surface area contributed by atoms with Gasteiger partial charge in [-0.05, 0) is 24.3 Å². The average Bonchev–Trinajstić information content (AvgIpc) is 2.78. The summed E-state index contributed by atoms with van der Waals surface area (Å²) < 4.78 is 5.09. The molecule has 0 unspecified atom stereocenters.